The van der Waals surface area contributed by atoms with Gasteiger partial charge in [-0.2, -0.15) is 0 Å². The Morgan fingerprint density at radius 3 is 2.27 bits per heavy atom. The number of amides is 1. The first-order valence-corrected chi connectivity index (χ1v) is 7.65. The highest BCUT2D eigenvalue weighted by molar-refractivity contribution is 5.94. The maximum Gasteiger partial charge on any atom is 0.414 e. The van der Waals surface area contributed by atoms with Gasteiger partial charge in [0.1, 0.15) is 6.61 Å². The number of ether oxygens (including phenoxy) is 1. The van der Waals surface area contributed by atoms with E-state index in [1.807, 2.05) is 0 Å². The molecule has 0 radical (unpaired) electrons. The highest BCUT2D eigenvalue weighted by Gasteiger charge is 2.27. The Balaban J connectivity index is 1.83. The molecule has 0 saturated carbocycles. The quantitative estimate of drug-likeness (QED) is 0.620. The van der Waals surface area contributed by atoms with E-state index in [0.29, 0.717) is 24.5 Å². The molecule has 2 aromatic carbocycles. The molecule has 134 valence electrons. The Kier molecular flexibility index (Phi) is 4.65. The zero-order chi connectivity index (χ0) is 18.7. The summed E-state index contributed by atoms with van der Waals surface area (Å²) >= 11 is 0. The topological polar surface area (TPSA) is 128 Å². The van der Waals surface area contributed by atoms with Gasteiger partial charge in [0.15, 0.2) is 0 Å². The summed E-state index contributed by atoms with van der Waals surface area (Å²) in [5, 5.41) is 24.8. The van der Waals surface area contributed by atoms with Crippen molar-refractivity contribution in [1.82, 2.24) is 0 Å². The molecule has 1 aliphatic heterocycles. The number of hydrogen-bond donors (Lipinski definition) is 1. The van der Waals surface area contributed by atoms with Gasteiger partial charge in [0.2, 0.25) is 0 Å². The van der Waals surface area contributed by atoms with Crippen LogP contribution in [0.25, 0.3) is 0 Å². The average molecular weight is 358 g/mol. The Bertz CT molecular complexity index is 868. The number of nitrogens with one attached hydrogen (secondary N) is 1. The summed E-state index contributed by atoms with van der Waals surface area (Å²) in [5.41, 5.74) is 1.51. The van der Waals surface area contributed by atoms with Gasteiger partial charge in [0.05, 0.1) is 27.8 Å². The van der Waals surface area contributed by atoms with E-state index in [4.69, 9.17) is 4.74 Å². The number of cyclic esters (lactones) is 1. The van der Waals surface area contributed by atoms with Gasteiger partial charge in [-0.3, -0.25) is 25.1 Å². The van der Waals surface area contributed by atoms with Crippen molar-refractivity contribution >= 4 is 28.8 Å². The molecule has 0 bridgehead atoms. The highest BCUT2D eigenvalue weighted by Crippen LogP contribution is 2.32. The van der Waals surface area contributed by atoms with E-state index in [9.17, 15) is 25.0 Å². The number of hydrogen-bond acceptors (Lipinski definition) is 7. The van der Waals surface area contributed by atoms with Gasteiger partial charge < -0.3 is 10.1 Å². The van der Waals surface area contributed by atoms with Crippen molar-refractivity contribution in [2.75, 3.05) is 23.4 Å². The van der Waals surface area contributed by atoms with E-state index in [1.165, 1.54) is 35.2 Å². The zero-order valence-electron chi connectivity index (χ0n) is 13.5. The number of benzene rings is 2. The fourth-order valence-electron chi connectivity index (χ4n) is 2.55. The number of carbonyl (C=O) groups excluding carboxylic acids is 1. The first kappa shape index (κ1) is 17.1. The van der Waals surface area contributed by atoms with E-state index in [-0.39, 0.29) is 18.0 Å². The van der Waals surface area contributed by atoms with Gasteiger partial charge in [-0.25, -0.2) is 4.79 Å². The first-order valence-electron chi connectivity index (χ1n) is 7.65. The number of nitrogens with zero attached hydrogens (tertiary/aromatic N) is 3. The largest absolute Gasteiger partial charge is 0.447 e. The van der Waals surface area contributed by atoms with E-state index in [2.05, 4.69) is 5.32 Å². The zero-order valence-corrected chi connectivity index (χ0v) is 13.5. The molecule has 0 spiro atoms. The van der Waals surface area contributed by atoms with Gasteiger partial charge in [-0.05, 0) is 11.6 Å². The molecule has 10 nitrogen and oxygen atoms in total. The van der Waals surface area contributed by atoms with Crippen molar-refractivity contribution < 1.29 is 19.4 Å². The molecule has 0 aliphatic carbocycles. The molecule has 0 atom stereocenters. The molecule has 1 fully saturated rings. The van der Waals surface area contributed by atoms with Crippen LogP contribution in [0.2, 0.25) is 0 Å². The molecule has 0 aromatic heterocycles. The lowest BCUT2D eigenvalue weighted by molar-refractivity contribution is -0.385. The lowest BCUT2D eigenvalue weighted by atomic mass is 10.2. The molecule has 1 heterocycles. The van der Waals surface area contributed by atoms with E-state index in [1.54, 1.807) is 12.1 Å². The number of anilines is 2. The summed E-state index contributed by atoms with van der Waals surface area (Å²) in [5.74, 6) is 0. The van der Waals surface area contributed by atoms with E-state index in [0.717, 1.165) is 5.56 Å². The van der Waals surface area contributed by atoms with Crippen molar-refractivity contribution in [1.29, 1.82) is 0 Å². The summed E-state index contributed by atoms with van der Waals surface area (Å²) in [7, 11) is 0. The van der Waals surface area contributed by atoms with Crippen LogP contribution < -0.4 is 10.2 Å². The number of rotatable bonds is 6. The van der Waals surface area contributed by atoms with Crippen molar-refractivity contribution in [3.8, 4) is 0 Å². The number of non-ortho nitro benzene ring substituents is 2. The number of carbonyl (C=O) groups is 1. The molecular formula is C16H14N4O6. The summed E-state index contributed by atoms with van der Waals surface area (Å²) < 4.78 is 4.90. The van der Waals surface area contributed by atoms with Crippen LogP contribution >= 0.6 is 0 Å². The summed E-state index contributed by atoms with van der Waals surface area (Å²) in [6.45, 7) is 0.835. The average Bonchev–Trinajstić information content (AvgIpc) is 3.06. The molecular weight excluding hydrogens is 344 g/mol. The Morgan fingerprint density at radius 1 is 1.04 bits per heavy atom. The lowest BCUT2D eigenvalue weighted by Crippen LogP contribution is -2.24. The van der Waals surface area contributed by atoms with Crippen LogP contribution in [0.4, 0.5) is 27.5 Å². The van der Waals surface area contributed by atoms with Gasteiger partial charge >= 0.3 is 6.09 Å². The molecule has 26 heavy (non-hydrogen) atoms. The predicted octanol–water partition coefficient (Wildman–Crippen LogP) is 3.07. The van der Waals surface area contributed by atoms with E-state index >= 15 is 0 Å². The van der Waals surface area contributed by atoms with Gasteiger partial charge in [0, 0.05) is 30.8 Å². The monoisotopic (exact) mass is 358 g/mol. The third-order valence-electron chi connectivity index (χ3n) is 3.87. The highest BCUT2D eigenvalue weighted by atomic mass is 16.6. The van der Waals surface area contributed by atoms with Gasteiger partial charge in [-0.15, -0.1) is 0 Å². The van der Waals surface area contributed by atoms with Gasteiger partial charge in [-0.1, -0.05) is 12.1 Å². The fraction of sp³-hybridized carbons (Fsp3) is 0.188. The van der Waals surface area contributed by atoms with E-state index < -0.39 is 15.9 Å². The van der Waals surface area contributed by atoms with Crippen LogP contribution in [0.1, 0.15) is 5.56 Å². The summed E-state index contributed by atoms with van der Waals surface area (Å²) in [4.78, 5) is 33.8. The second kappa shape index (κ2) is 7.05. The standard InChI is InChI=1S/C16H14N4O6/c21-16-18(7-8-26-16)15-9-13(20(24)25)5-6-14(15)17-10-11-1-3-12(4-2-11)19(22)23/h1-6,9,17H,7-8,10H2. The van der Waals surface area contributed by atoms with Crippen LogP contribution in [0.15, 0.2) is 42.5 Å². The first-order chi connectivity index (χ1) is 12.5. The Morgan fingerprint density at radius 2 is 1.69 bits per heavy atom. The summed E-state index contributed by atoms with van der Waals surface area (Å²) in [6, 6.07) is 10.2. The minimum atomic E-state index is -0.566. The number of nitro groups is 2. The van der Waals surface area contributed by atoms with Crippen LogP contribution in [-0.2, 0) is 11.3 Å². The van der Waals surface area contributed by atoms with Crippen molar-refractivity contribution in [2.45, 2.75) is 6.54 Å². The Labute approximate surface area is 147 Å². The van der Waals surface area contributed by atoms with Crippen LogP contribution in [0.5, 0.6) is 0 Å². The van der Waals surface area contributed by atoms with Crippen LogP contribution in [0.3, 0.4) is 0 Å². The maximum atomic E-state index is 11.8. The van der Waals surface area contributed by atoms with Crippen LogP contribution in [0, 0.1) is 20.2 Å². The van der Waals surface area contributed by atoms with Crippen molar-refractivity contribution in [3.05, 3.63) is 68.3 Å². The van der Waals surface area contributed by atoms with Crippen molar-refractivity contribution in [2.24, 2.45) is 0 Å². The molecule has 1 N–H and O–H groups in total. The maximum absolute atomic E-state index is 11.8. The fourth-order valence-corrected chi connectivity index (χ4v) is 2.55. The predicted molar refractivity (Wildman–Crippen MR) is 92.2 cm³/mol. The SMILES string of the molecule is O=C1OCCN1c1cc([N+](=O)[O-])ccc1NCc1ccc([N+](=O)[O-])cc1. The molecule has 3 rings (SSSR count). The molecule has 1 amide bonds. The number of nitro benzene ring substituents is 2. The second-order valence-corrected chi connectivity index (χ2v) is 5.50. The second-order valence-electron chi connectivity index (χ2n) is 5.50. The molecule has 10 heteroatoms. The third kappa shape index (κ3) is 3.53. The Hall–Kier alpha value is -3.69. The minimum Gasteiger partial charge on any atom is -0.447 e. The third-order valence-corrected chi connectivity index (χ3v) is 3.87. The summed E-state index contributed by atoms with van der Waals surface area (Å²) in [6.07, 6.45) is -0.566. The van der Waals surface area contributed by atoms with Gasteiger partial charge in [0.25, 0.3) is 11.4 Å². The molecule has 2 aromatic rings. The normalized spacial score (nSPS) is 13.4. The molecule has 1 aliphatic rings. The van der Waals surface area contributed by atoms with Crippen LogP contribution in [-0.4, -0.2) is 29.1 Å². The molecule has 1 saturated heterocycles. The molecule has 0 unspecified atom stereocenters. The minimum absolute atomic E-state index is 0.00964. The van der Waals surface area contributed by atoms with Crippen molar-refractivity contribution in [3.63, 3.8) is 0 Å². The smallest absolute Gasteiger partial charge is 0.414 e. The lowest BCUT2D eigenvalue weighted by Gasteiger charge is -2.18.